The molecule has 0 aliphatic carbocycles. The first-order valence-electron chi connectivity index (χ1n) is 6.36. The molecule has 112 valence electrons. The van der Waals surface area contributed by atoms with E-state index in [2.05, 4.69) is 20.0 Å². The fourth-order valence-electron chi connectivity index (χ4n) is 1.85. The third kappa shape index (κ3) is 2.77. The van der Waals surface area contributed by atoms with Crippen LogP contribution in [0.2, 0.25) is 0 Å². The van der Waals surface area contributed by atoms with Gasteiger partial charge >= 0.3 is 5.97 Å². The largest absolute Gasteiger partial charge is 0.468 e. The van der Waals surface area contributed by atoms with Gasteiger partial charge in [-0.3, -0.25) is 4.79 Å². The molecule has 1 aromatic carbocycles. The predicted molar refractivity (Wildman–Crippen MR) is 78.9 cm³/mol. The Morgan fingerprint density at radius 1 is 1.27 bits per heavy atom. The van der Waals surface area contributed by atoms with Crippen LogP contribution in [0.15, 0.2) is 41.4 Å². The summed E-state index contributed by atoms with van der Waals surface area (Å²) >= 11 is 1.22. The zero-order chi connectivity index (χ0) is 15.5. The molecule has 0 saturated heterocycles. The van der Waals surface area contributed by atoms with Gasteiger partial charge in [0, 0.05) is 0 Å². The van der Waals surface area contributed by atoms with Gasteiger partial charge < -0.3 is 4.74 Å². The van der Waals surface area contributed by atoms with Crippen molar-refractivity contribution in [3.05, 3.63) is 42.2 Å². The van der Waals surface area contributed by atoms with Gasteiger partial charge in [-0.1, -0.05) is 23.9 Å². The fourth-order valence-corrected chi connectivity index (χ4v) is 2.54. The number of esters is 1. The van der Waals surface area contributed by atoms with Gasteiger partial charge in [-0.05, 0) is 24.3 Å². The molecule has 0 bridgehead atoms. The number of fused-ring (bicyclic) bond motifs is 1. The molecule has 0 aliphatic rings. The maximum Gasteiger partial charge on any atom is 0.316 e. The molecule has 0 N–H and O–H groups in total. The Bertz CT molecular complexity index is 837. The number of methoxy groups -OCH3 is 1. The third-order valence-corrected chi connectivity index (χ3v) is 3.81. The van der Waals surface area contributed by atoms with Crippen LogP contribution in [0.4, 0.5) is 4.39 Å². The Kier molecular flexibility index (Phi) is 4.01. The second kappa shape index (κ2) is 6.10. The molecular weight excluding hydrogens is 307 g/mol. The highest BCUT2D eigenvalue weighted by molar-refractivity contribution is 7.99. The lowest BCUT2D eigenvalue weighted by Gasteiger charge is -2.03. The number of thioether (sulfide) groups is 1. The van der Waals surface area contributed by atoms with Crippen LogP contribution in [0, 0.1) is 5.82 Å². The SMILES string of the molecule is COC(=O)CSc1ccc2nnc(-c3ccccc3F)n2n1. The Balaban J connectivity index is 1.99. The average molecular weight is 318 g/mol. The molecule has 0 aliphatic heterocycles. The van der Waals surface area contributed by atoms with Crippen LogP contribution in [0.3, 0.4) is 0 Å². The standard InChI is InChI=1S/C14H11FN4O2S/c1-21-13(20)8-22-12-7-6-11-16-17-14(19(11)18-12)9-4-2-3-5-10(9)15/h2-7H,8H2,1H3. The number of benzene rings is 1. The van der Waals surface area contributed by atoms with E-state index in [4.69, 9.17) is 0 Å². The summed E-state index contributed by atoms with van der Waals surface area (Å²) in [6.45, 7) is 0. The first kappa shape index (κ1) is 14.5. The molecule has 22 heavy (non-hydrogen) atoms. The number of aromatic nitrogens is 4. The highest BCUT2D eigenvalue weighted by Gasteiger charge is 2.14. The van der Waals surface area contributed by atoms with Gasteiger partial charge in [0.15, 0.2) is 11.5 Å². The van der Waals surface area contributed by atoms with Crippen molar-refractivity contribution < 1.29 is 13.9 Å². The van der Waals surface area contributed by atoms with Crippen LogP contribution < -0.4 is 0 Å². The van der Waals surface area contributed by atoms with Crippen LogP contribution in [-0.4, -0.2) is 38.6 Å². The summed E-state index contributed by atoms with van der Waals surface area (Å²) in [6, 6.07) is 9.73. The Labute approximate surface area is 129 Å². The summed E-state index contributed by atoms with van der Waals surface area (Å²) in [5.74, 6) is -0.281. The lowest BCUT2D eigenvalue weighted by molar-refractivity contribution is -0.137. The van der Waals surface area contributed by atoms with E-state index in [1.54, 1.807) is 30.3 Å². The van der Waals surface area contributed by atoms with E-state index < -0.39 is 5.82 Å². The lowest BCUT2D eigenvalue weighted by atomic mass is 10.2. The van der Waals surface area contributed by atoms with Crippen molar-refractivity contribution in [1.82, 2.24) is 19.8 Å². The average Bonchev–Trinajstić information content (AvgIpc) is 2.96. The molecule has 0 spiro atoms. The normalized spacial score (nSPS) is 10.8. The second-order valence-electron chi connectivity index (χ2n) is 4.31. The molecule has 8 heteroatoms. The Morgan fingerprint density at radius 3 is 2.86 bits per heavy atom. The van der Waals surface area contributed by atoms with Crippen molar-refractivity contribution in [2.75, 3.05) is 12.9 Å². The smallest absolute Gasteiger partial charge is 0.316 e. The van der Waals surface area contributed by atoms with Crippen molar-refractivity contribution in [1.29, 1.82) is 0 Å². The molecule has 3 rings (SSSR count). The van der Waals surface area contributed by atoms with Gasteiger partial charge in [0.2, 0.25) is 0 Å². The zero-order valence-corrected chi connectivity index (χ0v) is 12.4. The maximum atomic E-state index is 13.9. The van der Waals surface area contributed by atoms with Crippen molar-refractivity contribution in [3.8, 4) is 11.4 Å². The molecule has 2 aromatic heterocycles. The molecule has 0 unspecified atom stereocenters. The Morgan fingerprint density at radius 2 is 2.09 bits per heavy atom. The first-order valence-corrected chi connectivity index (χ1v) is 7.34. The van der Waals surface area contributed by atoms with E-state index in [1.165, 1.54) is 29.5 Å². The summed E-state index contributed by atoms with van der Waals surface area (Å²) in [5.41, 5.74) is 0.818. The highest BCUT2D eigenvalue weighted by Crippen LogP contribution is 2.22. The van der Waals surface area contributed by atoms with E-state index >= 15 is 0 Å². The summed E-state index contributed by atoms with van der Waals surface area (Å²) < 4.78 is 19.9. The topological polar surface area (TPSA) is 69.4 Å². The molecule has 6 nitrogen and oxygen atoms in total. The van der Waals surface area contributed by atoms with Crippen molar-refractivity contribution in [3.63, 3.8) is 0 Å². The summed E-state index contributed by atoms with van der Waals surface area (Å²) in [4.78, 5) is 11.2. The van der Waals surface area contributed by atoms with E-state index in [0.29, 0.717) is 22.1 Å². The van der Waals surface area contributed by atoms with Crippen molar-refractivity contribution >= 4 is 23.4 Å². The number of hydrogen-bond donors (Lipinski definition) is 0. The van der Waals surface area contributed by atoms with Crippen molar-refractivity contribution in [2.45, 2.75) is 5.03 Å². The number of carbonyl (C=O) groups excluding carboxylic acids is 1. The fraction of sp³-hybridized carbons (Fsp3) is 0.143. The minimum Gasteiger partial charge on any atom is -0.468 e. The molecular formula is C14H11FN4O2S. The van der Waals surface area contributed by atoms with Crippen LogP contribution in [-0.2, 0) is 9.53 Å². The van der Waals surface area contributed by atoms with Crippen LogP contribution in [0.1, 0.15) is 0 Å². The van der Waals surface area contributed by atoms with Gasteiger partial charge in [0.05, 0.1) is 18.4 Å². The molecule has 0 radical (unpaired) electrons. The number of rotatable bonds is 4. The minimum atomic E-state index is -0.397. The van der Waals surface area contributed by atoms with E-state index in [0.717, 1.165) is 0 Å². The van der Waals surface area contributed by atoms with E-state index in [9.17, 15) is 9.18 Å². The monoisotopic (exact) mass is 318 g/mol. The number of carbonyl (C=O) groups is 1. The first-order chi connectivity index (χ1) is 10.7. The molecule has 0 amide bonds. The second-order valence-corrected chi connectivity index (χ2v) is 5.31. The molecule has 0 saturated carbocycles. The third-order valence-electron chi connectivity index (χ3n) is 2.92. The van der Waals surface area contributed by atoms with Gasteiger partial charge in [-0.2, -0.15) is 9.61 Å². The molecule has 3 aromatic rings. The minimum absolute atomic E-state index is 0.145. The van der Waals surface area contributed by atoms with Gasteiger partial charge in [0.1, 0.15) is 10.8 Å². The predicted octanol–water partition coefficient (Wildman–Crippen LogP) is 2.20. The van der Waals surface area contributed by atoms with Crippen molar-refractivity contribution in [2.24, 2.45) is 0 Å². The maximum absolute atomic E-state index is 13.9. The van der Waals surface area contributed by atoms with Crippen LogP contribution in [0.25, 0.3) is 17.0 Å². The van der Waals surface area contributed by atoms with Gasteiger partial charge in [0.25, 0.3) is 0 Å². The summed E-state index contributed by atoms with van der Waals surface area (Å²) in [6.07, 6.45) is 0. The number of hydrogen-bond acceptors (Lipinski definition) is 6. The van der Waals surface area contributed by atoms with Crippen LogP contribution in [0.5, 0.6) is 0 Å². The van der Waals surface area contributed by atoms with E-state index in [-0.39, 0.29) is 11.7 Å². The number of ether oxygens (including phenoxy) is 1. The molecule has 0 atom stereocenters. The molecule has 0 fully saturated rings. The molecule has 2 heterocycles. The van der Waals surface area contributed by atoms with Gasteiger partial charge in [-0.25, -0.2) is 4.39 Å². The number of nitrogens with zero attached hydrogens (tertiary/aromatic N) is 4. The lowest BCUT2D eigenvalue weighted by Crippen LogP contribution is -2.04. The summed E-state index contributed by atoms with van der Waals surface area (Å²) in [5, 5.41) is 12.9. The summed E-state index contributed by atoms with van der Waals surface area (Å²) in [7, 11) is 1.33. The highest BCUT2D eigenvalue weighted by atomic mass is 32.2. The number of halogens is 1. The van der Waals surface area contributed by atoms with E-state index in [1.807, 2.05) is 0 Å². The van der Waals surface area contributed by atoms with Crippen LogP contribution >= 0.6 is 11.8 Å². The van der Waals surface area contributed by atoms with Gasteiger partial charge in [-0.15, -0.1) is 10.2 Å². The Hall–Kier alpha value is -2.48. The zero-order valence-electron chi connectivity index (χ0n) is 11.6. The quantitative estimate of drug-likeness (QED) is 0.542.